The summed E-state index contributed by atoms with van der Waals surface area (Å²) < 4.78 is 5.68. The Bertz CT molecular complexity index is 923. The van der Waals surface area contributed by atoms with E-state index in [9.17, 15) is 4.79 Å². The average molecular weight is 349 g/mol. The molecule has 1 heterocycles. The number of carbonyl (C=O) groups excluding carboxylic acids is 1. The summed E-state index contributed by atoms with van der Waals surface area (Å²) in [5, 5.41) is 13.9. The number of fused-ring (bicyclic) bond motifs is 1. The second kappa shape index (κ2) is 8.22. The molecule has 1 aromatic heterocycles. The number of carbonyl (C=O) groups is 1. The van der Waals surface area contributed by atoms with Crippen LogP contribution in [-0.4, -0.2) is 28.3 Å². The molecule has 6 heteroatoms. The number of hydrogen-bond donors (Lipinski definition) is 2. The minimum atomic E-state index is -0.696. The fourth-order valence-electron chi connectivity index (χ4n) is 2.36. The number of nitrogens with one attached hydrogen (secondary N) is 1. The van der Waals surface area contributed by atoms with Crippen molar-refractivity contribution in [1.29, 1.82) is 0 Å². The largest absolute Gasteiger partial charge is 0.481 e. The van der Waals surface area contributed by atoms with Crippen LogP contribution in [0.1, 0.15) is 18.1 Å². The van der Waals surface area contributed by atoms with Crippen molar-refractivity contribution in [2.24, 2.45) is 5.10 Å². The molecule has 2 N–H and O–H groups in total. The van der Waals surface area contributed by atoms with Crippen LogP contribution in [-0.2, 0) is 11.4 Å². The van der Waals surface area contributed by atoms with Gasteiger partial charge in [0.05, 0.1) is 18.3 Å². The first kappa shape index (κ1) is 17.6. The van der Waals surface area contributed by atoms with Gasteiger partial charge in [-0.25, -0.2) is 5.43 Å². The van der Waals surface area contributed by atoms with Gasteiger partial charge in [-0.15, -0.1) is 0 Å². The lowest BCUT2D eigenvalue weighted by Gasteiger charge is -2.13. The van der Waals surface area contributed by atoms with Crippen molar-refractivity contribution in [1.82, 2.24) is 10.4 Å². The number of ether oxygens (including phenoxy) is 1. The first-order valence-corrected chi connectivity index (χ1v) is 8.20. The first-order valence-electron chi connectivity index (χ1n) is 8.20. The molecule has 6 nitrogen and oxygen atoms in total. The van der Waals surface area contributed by atoms with Crippen LogP contribution in [0.15, 0.2) is 65.9 Å². The summed E-state index contributed by atoms with van der Waals surface area (Å²) >= 11 is 0. The predicted molar refractivity (Wildman–Crippen MR) is 99.9 cm³/mol. The summed E-state index contributed by atoms with van der Waals surface area (Å²) in [6, 6.07) is 16.5. The minimum absolute atomic E-state index is 0.00610. The summed E-state index contributed by atoms with van der Waals surface area (Å²) in [6.07, 6.45) is 2.57. The number of pyridine rings is 1. The lowest BCUT2D eigenvalue weighted by Crippen LogP contribution is -2.33. The third-order valence-electron chi connectivity index (χ3n) is 3.81. The molecule has 1 atom stereocenters. The van der Waals surface area contributed by atoms with Gasteiger partial charge in [-0.1, -0.05) is 30.3 Å². The molecule has 3 rings (SSSR count). The van der Waals surface area contributed by atoms with Crippen LogP contribution in [0.4, 0.5) is 0 Å². The Kier molecular flexibility index (Phi) is 5.56. The lowest BCUT2D eigenvalue weighted by atomic mass is 10.2. The average Bonchev–Trinajstić information content (AvgIpc) is 2.68. The van der Waals surface area contributed by atoms with E-state index >= 15 is 0 Å². The number of amides is 1. The maximum Gasteiger partial charge on any atom is 0.280 e. The zero-order valence-corrected chi connectivity index (χ0v) is 14.3. The van der Waals surface area contributed by atoms with Crippen molar-refractivity contribution < 1.29 is 14.6 Å². The number of aromatic nitrogens is 1. The van der Waals surface area contributed by atoms with Crippen molar-refractivity contribution in [3.63, 3.8) is 0 Å². The molecule has 0 aliphatic heterocycles. The van der Waals surface area contributed by atoms with Crippen LogP contribution < -0.4 is 10.2 Å². The molecule has 2 aromatic carbocycles. The van der Waals surface area contributed by atoms with E-state index in [0.29, 0.717) is 5.75 Å². The molecule has 0 fully saturated rings. The molecule has 0 aliphatic rings. The second-order valence-electron chi connectivity index (χ2n) is 5.75. The second-order valence-corrected chi connectivity index (χ2v) is 5.75. The highest BCUT2D eigenvalue weighted by atomic mass is 16.5. The zero-order valence-electron chi connectivity index (χ0n) is 14.3. The Morgan fingerprint density at radius 1 is 1.27 bits per heavy atom. The molecule has 132 valence electrons. The van der Waals surface area contributed by atoms with Gasteiger partial charge in [0.1, 0.15) is 5.75 Å². The predicted octanol–water partition coefficient (Wildman–Crippen LogP) is 2.64. The molecular formula is C20H19N3O3. The van der Waals surface area contributed by atoms with Crippen molar-refractivity contribution >= 4 is 23.0 Å². The number of benzene rings is 2. The first-order chi connectivity index (χ1) is 12.7. The monoisotopic (exact) mass is 349 g/mol. The Morgan fingerprint density at radius 3 is 2.85 bits per heavy atom. The van der Waals surface area contributed by atoms with E-state index in [1.54, 1.807) is 31.3 Å². The Hall–Kier alpha value is -3.25. The normalized spacial score (nSPS) is 12.2. The van der Waals surface area contributed by atoms with Gasteiger partial charge in [0, 0.05) is 11.6 Å². The maximum atomic E-state index is 12.1. The molecule has 0 aliphatic carbocycles. The summed E-state index contributed by atoms with van der Waals surface area (Å²) in [4.78, 5) is 16.4. The minimum Gasteiger partial charge on any atom is -0.481 e. The highest BCUT2D eigenvalue weighted by molar-refractivity contribution is 5.84. The zero-order chi connectivity index (χ0) is 18.4. The fourth-order valence-corrected chi connectivity index (χ4v) is 2.36. The number of hydrazone groups is 1. The van der Waals surface area contributed by atoms with Crippen LogP contribution >= 0.6 is 0 Å². The van der Waals surface area contributed by atoms with E-state index in [1.807, 2.05) is 36.4 Å². The number of rotatable bonds is 6. The van der Waals surface area contributed by atoms with Crippen molar-refractivity contribution in [2.45, 2.75) is 19.6 Å². The van der Waals surface area contributed by atoms with Gasteiger partial charge in [-0.05, 0) is 42.3 Å². The molecule has 1 amide bonds. The molecule has 0 bridgehead atoms. The maximum absolute atomic E-state index is 12.1. The molecular weight excluding hydrogens is 330 g/mol. The molecule has 3 aromatic rings. The van der Waals surface area contributed by atoms with Gasteiger partial charge in [0.2, 0.25) is 0 Å². The highest BCUT2D eigenvalue weighted by Crippen LogP contribution is 2.19. The standard InChI is InChI=1S/C20H19N3O3/c1-14(26-18-8-9-19-17(11-18)3-2-10-21-19)20(25)23-22-12-15-4-6-16(13-24)7-5-15/h2-12,14,24H,13H2,1H3,(H,23,25)/b22-12+. The molecule has 0 saturated carbocycles. The Balaban J connectivity index is 1.57. The van der Waals surface area contributed by atoms with Gasteiger partial charge in [0.15, 0.2) is 6.10 Å². The van der Waals surface area contributed by atoms with E-state index in [0.717, 1.165) is 22.0 Å². The Labute approximate surface area is 151 Å². The third-order valence-corrected chi connectivity index (χ3v) is 3.81. The van der Waals surface area contributed by atoms with Gasteiger partial charge in [-0.2, -0.15) is 5.10 Å². The van der Waals surface area contributed by atoms with Crippen LogP contribution in [0.5, 0.6) is 5.75 Å². The summed E-state index contributed by atoms with van der Waals surface area (Å²) in [6.45, 7) is 1.65. The summed E-state index contributed by atoms with van der Waals surface area (Å²) in [5.74, 6) is 0.247. The summed E-state index contributed by atoms with van der Waals surface area (Å²) in [5.41, 5.74) is 4.97. The number of hydrogen-bond acceptors (Lipinski definition) is 5. The quantitative estimate of drug-likeness (QED) is 0.529. The van der Waals surface area contributed by atoms with E-state index in [1.165, 1.54) is 6.21 Å². The molecule has 0 saturated heterocycles. The molecule has 1 unspecified atom stereocenters. The Morgan fingerprint density at radius 2 is 2.08 bits per heavy atom. The van der Waals surface area contributed by atoms with E-state index in [4.69, 9.17) is 9.84 Å². The van der Waals surface area contributed by atoms with Crippen LogP contribution in [0.2, 0.25) is 0 Å². The van der Waals surface area contributed by atoms with Crippen LogP contribution in [0.3, 0.4) is 0 Å². The van der Waals surface area contributed by atoms with Crippen molar-refractivity contribution in [3.8, 4) is 5.75 Å². The smallest absolute Gasteiger partial charge is 0.280 e. The fraction of sp³-hybridized carbons (Fsp3) is 0.150. The number of nitrogens with zero attached hydrogens (tertiary/aromatic N) is 2. The van der Waals surface area contributed by atoms with Gasteiger partial charge in [0.25, 0.3) is 5.91 Å². The molecule has 26 heavy (non-hydrogen) atoms. The van der Waals surface area contributed by atoms with Crippen molar-refractivity contribution in [2.75, 3.05) is 0 Å². The van der Waals surface area contributed by atoms with E-state index in [2.05, 4.69) is 15.5 Å². The van der Waals surface area contributed by atoms with E-state index < -0.39 is 6.10 Å². The van der Waals surface area contributed by atoms with Gasteiger partial charge < -0.3 is 9.84 Å². The number of aliphatic hydroxyl groups excluding tert-OH is 1. The van der Waals surface area contributed by atoms with Crippen LogP contribution in [0.25, 0.3) is 10.9 Å². The SMILES string of the molecule is CC(Oc1ccc2ncccc2c1)C(=O)N/N=C/c1ccc(CO)cc1. The molecule has 0 radical (unpaired) electrons. The topological polar surface area (TPSA) is 83.8 Å². The van der Waals surface area contributed by atoms with Gasteiger partial charge in [-0.3, -0.25) is 9.78 Å². The summed E-state index contributed by atoms with van der Waals surface area (Å²) in [7, 11) is 0. The number of aliphatic hydroxyl groups is 1. The van der Waals surface area contributed by atoms with Crippen LogP contribution in [0, 0.1) is 0 Å². The van der Waals surface area contributed by atoms with Gasteiger partial charge >= 0.3 is 0 Å². The third kappa shape index (κ3) is 4.43. The highest BCUT2D eigenvalue weighted by Gasteiger charge is 2.14. The molecule has 0 spiro atoms. The van der Waals surface area contributed by atoms with E-state index in [-0.39, 0.29) is 12.5 Å². The van der Waals surface area contributed by atoms with Crippen molar-refractivity contribution in [3.05, 3.63) is 71.9 Å². The lowest BCUT2D eigenvalue weighted by molar-refractivity contribution is -0.127.